The molecule has 0 spiro atoms. The molecule has 20 heavy (non-hydrogen) atoms. The SMILES string of the molecule is CCn1cc(C)c(NCc2cn(C(C)C)nc2C)n1.Cl. The third-order valence-corrected chi connectivity index (χ3v) is 3.26. The lowest BCUT2D eigenvalue weighted by Gasteiger charge is -2.04. The molecule has 0 fully saturated rings. The maximum atomic E-state index is 4.52. The summed E-state index contributed by atoms with van der Waals surface area (Å²) in [7, 11) is 0. The summed E-state index contributed by atoms with van der Waals surface area (Å²) in [5, 5.41) is 12.4. The Labute approximate surface area is 126 Å². The number of aryl methyl sites for hydroxylation is 3. The summed E-state index contributed by atoms with van der Waals surface area (Å²) in [6.45, 7) is 12.1. The predicted molar refractivity (Wildman–Crippen MR) is 84.6 cm³/mol. The summed E-state index contributed by atoms with van der Waals surface area (Å²) in [6, 6.07) is 0.397. The molecule has 0 aliphatic rings. The molecule has 0 aromatic carbocycles. The lowest BCUT2D eigenvalue weighted by Crippen LogP contribution is -2.03. The van der Waals surface area contributed by atoms with Crippen molar-refractivity contribution in [1.82, 2.24) is 19.6 Å². The molecule has 0 saturated heterocycles. The summed E-state index contributed by atoms with van der Waals surface area (Å²) in [5.74, 6) is 0.957. The third-order valence-electron chi connectivity index (χ3n) is 3.26. The van der Waals surface area contributed by atoms with Crippen LogP contribution in [0.25, 0.3) is 0 Å². The molecule has 0 aliphatic carbocycles. The molecule has 0 saturated carbocycles. The number of anilines is 1. The predicted octanol–water partition coefficient (Wildman–Crippen LogP) is 3.33. The summed E-state index contributed by atoms with van der Waals surface area (Å²) in [4.78, 5) is 0. The third kappa shape index (κ3) is 3.54. The van der Waals surface area contributed by atoms with Crippen LogP contribution in [-0.4, -0.2) is 19.6 Å². The van der Waals surface area contributed by atoms with Crippen molar-refractivity contribution in [2.24, 2.45) is 0 Å². The molecule has 0 bridgehead atoms. The van der Waals surface area contributed by atoms with E-state index < -0.39 is 0 Å². The van der Waals surface area contributed by atoms with Gasteiger partial charge in [-0.1, -0.05) is 0 Å². The number of nitrogens with zero attached hydrogens (tertiary/aromatic N) is 4. The number of halogens is 1. The van der Waals surface area contributed by atoms with E-state index in [1.165, 1.54) is 11.1 Å². The lowest BCUT2D eigenvalue weighted by atomic mass is 10.2. The van der Waals surface area contributed by atoms with Crippen LogP contribution in [0.5, 0.6) is 0 Å². The Bertz CT molecular complexity index is 556. The fourth-order valence-corrected chi connectivity index (χ4v) is 1.99. The summed E-state index contributed by atoms with van der Waals surface area (Å²) in [6.07, 6.45) is 4.17. The normalized spacial score (nSPS) is 10.7. The molecule has 2 rings (SSSR count). The molecule has 2 heterocycles. The second-order valence-electron chi connectivity index (χ2n) is 5.18. The van der Waals surface area contributed by atoms with Crippen molar-refractivity contribution >= 4 is 18.2 Å². The summed E-state index contributed by atoms with van der Waals surface area (Å²) >= 11 is 0. The molecular weight excluding hydrogens is 274 g/mol. The van der Waals surface area contributed by atoms with E-state index in [9.17, 15) is 0 Å². The zero-order valence-electron chi connectivity index (χ0n) is 12.8. The Morgan fingerprint density at radius 1 is 1.20 bits per heavy atom. The van der Waals surface area contributed by atoms with Crippen LogP contribution in [-0.2, 0) is 13.1 Å². The molecule has 112 valence electrons. The molecule has 0 radical (unpaired) electrons. The number of aromatic nitrogens is 4. The average Bonchev–Trinajstić information content (AvgIpc) is 2.90. The van der Waals surface area contributed by atoms with Gasteiger partial charge in [0.15, 0.2) is 5.82 Å². The van der Waals surface area contributed by atoms with E-state index in [0.29, 0.717) is 6.04 Å². The molecular formula is C14H24ClN5. The average molecular weight is 298 g/mol. The van der Waals surface area contributed by atoms with Gasteiger partial charge >= 0.3 is 0 Å². The van der Waals surface area contributed by atoms with Crippen molar-refractivity contribution in [3.8, 4) is 0 Å². The summed E-state index contributed by atoms with van der Waals surface area (Å²) < 4.78 is 3.95. The molecule has 0 amide bonds. The number of rotatable bonds is 5. The number of hydrogen-bond acceptors (Lipinski definition) is 3. The van der Waals surface area contributed by atoms with Crippen LogP contribution < -0.4 is 5.32 Å². The zero-order chi connectivity index (χ0) is 14.0. The highest BCUT2D eigenvalue weighted by molar-refractivity contribution is 5.85. The van der Waals surface area contributed by atoms with E-state index in [4.69, 9.17) is 0 Å². The smallest absolute Gasteiger partial charge is 0.151 e. The minimum Gasteiger partial charge on any atom is -0.364 e. The van der Waals surface area contributed by atoms with Crippen molar-refractivity contribution in [1.29, 1.82) is 0 Å². The van der Waals surface area contributed by atoms with E-state index in [1.807, 2.05) is 16.3 Å². The van der Waals surface area contributed by atoms with Crippen LogP contribution >= 0.6 is 12.4 Å². The number of hydrogen-bond donors (Lipinski definition) is 1. The van der Waals surface area contributed by atoms with Gasteiger partial charge in [-0.2, -0.15) is 10.2 Å². The van der Waals surface area contributed by atoms with Crippen molar-refractivity contribution < 1.29 is 0 Å². The van der Waals surface area contributed by atoms with Gasteiger partial charge in [-0.05, 0) is 34.6 Å². The molecule has 0 atom stereocenters. The molecule has 5 nitrogen and oxygen atoms in total. The molecule has 0 unspecified atom stereocenters. The standard InChI is InChI=1S/C14H23N5.ClH/c1-6-18-8-11(4)14(17-18)15-7-13-9-19(10(2)3)16-12(13)5;/h8-10H,6-7H2,1-5H3,(H,15,17);1H. The number of nitrogens with one attached hydrogen (secondary N) is 1. The van der Waals surface area contributed by atoms with Crippen LogP contribution in [0.3, 0.4) is 0 Å². The molecule has 6 heteroatoms. The topological polar surface area (TPSA) is 47.7 Å². The quantitative estimate of drug-likeness (QED) is 0.921. The van der Waals surface area contributed by atoms with Gasteiger partial charge in [-0.25, -0.2) is 0 Å². The van der Waals surface area contributed by atoms with E-state index >= 15 is 0 Å². The lowest BCUT2D eigenvalue weighted by molar-refractivity contribution is 0.529. The van der Waals surface area contributed by atoms with E-state index in [-0.39, 0.29) is 12.4 Å². The van der Waals surface area contributed by atoms with Gasteiger partial charge in [0.05, 0.1) is 5.69 Å². The van der Waals surface area contributed by atoms with Crippen molar-refractivity contribution in [2.45, 2.75) is 53.8 Å². The van der Waals surface area contributed by atoms with E-state index in [1.54, 1.807) is 0 Å². The minimum atomic E-state index is 0. The molecule has 2 aromatic heterocycles. The first-order chi connectivity index (χ1) is 9.01. The van der Waals surface area contributed by atoms with Crippen LogP contribution in [0.1, 0.15) is 43.6 Å². The first-order valence-corrected chi connectivity index (χ1v) is 6.83. The molecule has 0 aliphatic heterocycles. The van der Waals surface area contributed by atoms with Gasteiger partial charge in [0.2, 0.25) is 0 Å². The second kappa shape index (κ2) is 6.79. The Hall–Kier alpha value is -1.49. The first-order valence-electron chi connectivity index (χ1n) is 6.83. The van der Waals surface area contributed by atoms with Crippen LogP contribution in [0.15, 0.2) is 12.4 Å². The van der Waals surface area contributed by atoms with Gasteiger partial charge in [0, 0.05) is 42.7 Å². The Morgan fingerprint density at radius 3 is 2.40 bits per heavy atom. The highest BCUT2D eigenvalue weighted by Gasteiger charge is 2.09. The van der Waals surface area contributed by atoms with Crippen LogP contribution in [0.4, 0.5) is 5.82 Å². The largest absolute Gasteiger partial charge is 0.364 e. The van der Waals surface area contributed by atoms with Crippen molar-refractivity contribution in [3.05, 3.63) is 29.2 Å². The Morgan fingerprint density at radius 2 is 1.90 bits per heavy atom. The Kier molecular flexibility index (Phi) is 5.62. The van der Waals surface area contributed by atoms with E-state index in [2.05, 4.69) is 55.6 Å². The molecule has 1 N–H and O–H groups in total. The van der Waals surface area contributed by atoms with Crippen LogP contribution in [0, 0.1) is 13.8 Å². The monoisotopic (exact) mass is 297 g/mol. The first kappa shape index (κ1) is 16.6. The van der Waals surface area contributed by atoms with Gasteiger partial charge in [-0.15, -0.1) is 12.4 Å². The van der Waals surface area contributed by atoms with Gasteiger partial charge in [-0.3, -0.25) is 9.36 Å². The van der Waals surface area contributed by atoms with E-state index in [0.717, 1.165) is 24.6 Å². The Balaban J connectivity index is 0.00000200. The zero-order valence-corrected chi connectivity index (χ0v) is 13.7. The second-order valence-corrected chi connectivity index (χ2v) is 5.18. The van der Waals surface area contributed by atoms with Gasteiger partial charge < -0.3 is 5.32 Å². The highest BCUT2D eigenvalue weighted by atomic mass is 35.5. The van der Waals surface area contributed by atoms with Crippen LogP contribution in [0.2, 0.25) is 0 Å². The fraction of sp³-hybridized carbons (Fsp3) is 0.571. The van der Waals surface area contributed by atoms with Crippen molar-refractivity contribution in [3.63, 3.8) is 0 Å². The minimum absolute atomic E-state index is 0. The van der Waals surface area contributed by atoms with Crippen molar-refractivity contribution in [2.75, 3.05) is 5.32 Å². The van der Waals surface area contributed by atoms with Gasteiger partial charge in [0.25, 0.3) is 0 Å². The van der Waals surface area contributed by atoms with Gasteiger partial charge in [0.1, 0.15) is 0 Å². The maximum absolute atomic E-state index is 4.52. The maximum Gasteiger partial charge on any atom is 0.151 e. The summed E-state index contributed by atoms with van der Waals surface area (Å²) in [5.41, 5.74) is 3.48. The highest BCUT2D eigenvalue weighted by Crippen LogP contribution is 2.15. The molecule has 2 aromatic rings. The fourth-order valence-electron chi connectivity index (χ4n) is 1.99.